The van der Waals surface area contributed by atoms with Gasteiger partial charge in [0, 0.05) is 4.83 Å². The van der Waals surface area contributed by atoms with Crippen LogP contribution in [0.5, 0.6) is 0 Å². The van der Waals surface area contributed by atoms with Gasteiger partial charge in [-0.2, -0.15) is 8.75 Å². The first kappa shape index (κ1) is 9.13. The molecule has 0 bridgehead atoms. The van der Waals surface area contributed by atoms with Crippen molar-refractivity contribution in [3.8, 4) is 0 Å². The molecule has 1 atom stereocenters. The van der Waals surface area contributed by atoms with E-state index in [2.05, 4.69) is 31.6 Å². The summed E-state index contributed by atoms with van der Waals surface area (Å²) in [7, 11) is 0. The Morgan fingerprint density at radius 3 is 3.09 bits per heavy atom. The van der Waals surface area contributed by atoms with Crippen LogP contribution in [0, 0.1) is 0 Å². The van der Waals surface area contributed by atoms with Gasteiger partial charge in [-0.05, 0) is 19.3 Å². The van der Waals surface area contributed by atoms with Crippen molar-refractivity contribution in [2.45, 2.75) is 31.0 Å². The van der Waals surface area contributed by atoms with Gasteiger partial charge in [0.1, 0.15) is 0 Å². The van der Waals surface area contributed by atoms with Gasteiger partial charge in [-0.25, -0.2) is 0 Å². The maximum Gasteiger partial charge on any atom is 0.0743 e. The van der Waals surface area contributed by atoms with Crippen LogP contribution in [-0.2, 0) is 6.42 Å². The molecule has 0 N–H and O–H groups in total. The lowest BCUT2D eigenvalue weighted by molar-refractivity contribution is 0.728. The van der Waals surface area contributed by atoms with Crippen LogP contribution in [0.1, 0.15) is 25.5 Å². The molecular weight excluding hydrogens is 224 g/mol. The summed E-state index contributed by atoms with van der Waals surface area (Å²) in [5.74, 6) is 0. The first-order chi connectivity index (χ1) is 5.29. The smallest absolute Gasteiger partial charge is 0.0743 e. The molecule has 0 spiro atoms. The van der Waals surface area contributed by atoms with Crippen molar-refractivity contribution in [3.05, 3.63) is 11.9 Å². The SMILES string of the molecule is CC(Br)CCCc1cnsn1. The van der Waals surface area contributed by atoms with Crippen molar-refractivity contribution in [1.82, 2.24) is 8.75 Å². The summed E-state index contributed by atoms with van der Waals surface area (Å²) in [6.07, 6.45) is 5.31. The van der Waals surface area contributed by atoms with E-state index in [-0.39, 0.29) is 0 Å². The van der Waals surface area contributed by atoms with Crippen LogP contribution in [0.4, 0.5) is 0 Å². The van der Waals surface area contributed by atoms with E-state index in [0.717, 1.165) is 12.1 Å². The van der Waals surface area contributed by atoms with Crippen molar-refractivity contribution in [2.75, 3.05) is 0 Å². The van der Waals surface area contributed by atoms with Crippen molar-refractivity contribution < 1.29 is 0 Å². The Balaban J connectivity index is 2.14. The molecule has 0 amide bonds. The summed E-state index contributed by atoms with van der Waals surface area (Å²) < 4.78 is 8.07. The third kappa shape index (κ3) is 3.82. The summed E-state index contributed by atoms with van der Waals surface area (Å²) >= 11 is 4.79. The summed E-state index contributed by atoms with van der Waals surface area (Å²) in [4.78, 5) is 0.620. The average molecular weight is 235 g/mol. The molecule has 62 valence electrons. The molecular formula is C7H11BrN2S. The Labute approximate surface area is 79.5 Å². The van der Waals surface area contributed by atoms with Gasteiger partial charge >= 0.3 is 0 Å². The van der Waals surface area contributed by atoms with E-state index in [1.807, 2.05) is 6.20 Å². The lowest BCUT2D eigenvalue weighted by Gasteiger charge is -1.99. The topological polar surface area (TPSA) is 25.8 Å². The zero-order chi connectivity index (χ0) is 8.10. The van der Waals surface area contributed by atoms with Crippen LogP contribution in [0.2, 0.25) is 0 Å². The molecule has 0 fully saturated rings. The van der Waals surface area contributed by atoms with E-state index in [1.165, 1.54) is 24.6 Å². The normalized spacial score (nSPS) is 13.3. The number of alkyl halides is 1. The first-order valence-corrected chi connectivity index (χ1v) is 5.34. The lowest BCUT2D eigenvalue weighted by Crippen LogP contribution is -1.92. The van der Waals surface area contributed by atoms with E-state index in [0.29, 0.717) is 4.83 Å². The monoisotopic (exact) mass is 234 g/mol. The van der Waals surface area contributed by atoms with Crippen molar-refractivity contribution >= 4 is 27.7 Å². The van der Waals surface area contributed by atoms with Gasteiger partial charge < -0.3 is 0 Å². The van der Waals surface area contributed by atoms with Crippen LogP contribution >= 0.6 is 27.7 Å². The van der Waals surface area contributed by atoms with Crippen LogP contribution < -0.4 is 0 Å². The molecule has 11 heavy (non-hydrogen) atoms. The summed E-state index contributed by atoms with van der Waals surface area (Å²) in [5, 5.41) is 0. The number of rotatable bonds is 4. The molecule has 0 radical (unpaired) electrons. The van der Waals surface area contributed by atoms with Crippen LogP contribution in [0.15, 0.2) is 6.20 Å². The highest BCUT2D eigenvalue weighted by molar-refractivity contribution is 9.09. The van der Waals surface area contributed by atoms with Gasteiger partial charge in [0.2, 0.25) is 0 Å². The fourth-order valence-electron chi connectivity index (χ4n) is 0.859. The standard InChI is InChI=1S/C7H11BrN2S/c1-6(8)3-2-4-7-5-9-11-10-7/h5-6H,2-4H2,1H3. The zero-order valence-electron chi connectivity index (χ0n) is 6.46. The quantitative estimate of drug-likeness (QED) is 0.750. The predicted molar refractivity (Wildman–Crippen MR) is 51.2 cm³/mol. The highest BCUT2D eigenvalue weighted by atomic mass is 79.9. The molecule has 1 unspecified atom stereocenters. The largest absolute Gasteiger partial charge is 0.181 e. The first-order valence-electron chi connectivity index (χ1n) is 3.69. The summed E-state index contributed by atoms with van der Waals surface area (Å²) in [6, 6.07) is 0. The second-order valence-corrected chi connectivity index (χ2v) is 4.69. The van der Waals surface area contributed by atoms with Gasteiger partial charge in [0.25, 0.3) is 0 Å². The maximum atomic E-state index is 4.13. The molecule has 0 saturated heterocycles. The summed E-state index contributed by atoms with van der Waals surface area (Å²) in [5.41, 5.74) is 1.13. The maximum absolute atomic E-state index is 4.13. The fourth-order valence-corrected chi connectivity index (χ4v) is 1.64. The molecule has 1 rings (SSSR count). The van der Waals surface area contributed by atoms with Crippen molar-refractivity contribution in [1.29, 1.82) is 0 Å². The Morgan fingerprint density at radius 2 is 2.55 bits per heavy atom. The fraction of sp³-hybridized carbons (Fsp3) is 0.714. The minimum absolute atomic E-state index is 0.620. The molecule has 1 heterocycles. The molecule has 0 aliphatic rings. The predicted octanol–water partition coefficient (Wildman–Crippen LogP) is 2.64. The van der Waals surface area contributed by atoms with Crippen LogP contribution in [-0.4, -0.2) is 13.6 Å². The molecule has 0 aromatic carbocycles. The Kier molecular flexibility index (Phi) is 4.01. The minimum atomic E-state index is 0.620. The van der Waals surface area contributed by atoms with Crippen LogP contribution in [0.3, 0.4) is 0 Å². The molecule has 2 nitrogen and oxygen atoms in total. The van der Waals surface area contributed by atoms with Gasteiger partial charge in [0.05, 0.1) is 23.6 Å². The second kappa shape index (κ2) is 4.83. The number of aromatic nitrogens is 2. The zero-order valence-corrected chi connectivity index (χ0v) is 8.86. The average Bonchev–Trinajstić information content (AvgIpc) is 2.39. The number of nitrogens with zero attached hydrogens (tertiary/aromatic N) is 2. The highest BCUT2D eigenvalue weighted by Crippen LogP contribution is 2.09. The van der Waals surface area contributed by atoms with E-state index < -0.39 is 0 Å². The van der Waals surface area contributed by atoms with Crippen molar-refractivity contribution in [2.24, 2.45) is 0 Å². The molecule has 0 aliphatic carbocycles. The van der Waals surface area contributed by atoms with E-state index in [9.17, 15) is 0 Å². The highest BCUT2D eigenvalue weighted by Gasteiger charge is 1.98. The van der Waals surface area contributed by atoms with Gasteiger partial charge in [-0.15, -0.1) is 0 Å². The summed E-state index contributed by atoms with van der Waals surface area (Å²) in [6.45, 7) is 2.17. The molecule has 0 saturated carbocycles. The Bertz CT molecular complexity index is 186. The molecule has 1 aromatic rings. The molecule has 1 aromatic heterocycles. The lowest BCUT2D eigenvalue weighted by atomic mass is 10.2. The third-order valence-electron chi connectivity index (χ3n) is 1.44. The third-order valence-corrected chi connectivity index (χ3v) is 2.42. The van der Waals surface area contributed by atoms with E-state index in [1.54, 1.807) is 0 Å². The molecule has 0 aliphatic heterocycles. The van der Waals surface area contributed by atoms with Gasteiger partial charge in [0.15, 0.2) is 0 Å². The van der Waals surface area contributed by atoms with Crippen LogP contribution in [0.25, 0.3) is 0 Å². The second-order valence-electron chi connectivity index (χ2n) is 2.57. The minimum Gasteiger partial charge on any atom is -0.181 e. The number of aryl methyl sites for hydroxylation is 1. The van der Waals surface area contributed by atoms with Gasteiger partial charge in [-0.3, -0.25) is 0 Å². The Morgan fingerprint density at radius 1 is 1.73 bits per heavy atom. The number of hydrogen-bond acceptors (Lipinski definition) is 3. The Hall–Kier alpha value is 0.0400. The van der Waals surface area contributed by atoms with Crippen molar-refractivity contribution in [3.63, 3.8) is 0 Å². The van der Waals surface area contributed by atoms with E-state index in [4.69, 9.17) is 0 Å². The molecule has 4 heteroatoms. The van der Waals surface area contributed by atoms with Gasteiger partial charge in [-0.1, -0.05) is 22.9 Å². The number of hydrogen-bond donors (Lipinski definition) is 0. The number of halogens is 1. The van der Waals surface area contributed by atoms with E-state index >= 15 is 0 Å².